The minimum Gasteiger partial charge on any atom is -0.497 e. The zero-order valence-electron chi connectivity index (χ0n) is 24.3. The molecule has 1 N–H and O–H groups in total. The molecule has 0 aliphatic rings. The van der Waals surface area contributed by atoms with E-state index in [0.29, 0.717) is 18.7 Å². The van der Waals surface area contributed by atoms with Gasteiger partial charge in [-0.25, -0.2) is 8.42 Å². The second kappa shape index (κ2) is 15.3. The molecule has 0 saturated heterocycles. The van der Waals surface area contributed by atoms with Crippen LogP contribution in [0.5, 0.6) is 5.75 Å². The fourth-order valence-electron chi connectivity index (χ4n) is 4.39. The van der Waals surface area contributed by atoms with Crippen LogP contribution in [0.25, 0.3) is 0 Å². The van der Waals surface area contributed by atoms with Crippen LogP contribution in [0.3, 0.4) is 0 Å². The predicted molar refractivity (Wildman–Crippen MR) is 168 cm³/mol. The van der Waals surface area contributed by atoms with Gasteiger partial charge in [0.15, 0.2) is 0 Å². The number of amides is 2. The maximum absolute atomic E-state index is 14.2. The molecular weight excluding hydrogens is 597 g/mol. The topological polar surface area (TPSA) is 96.0 Å². The molecule has 8 nitrogen and oxygen atoms in total. The van der Waals surface area contributed by atoms with E-state index >= 15 is 0 Å². The third-order valence-electron chi connectivity index (χ3n) is 6.82. The molecule has 0 aliphatic heterocycles. The summed E-state index contributed by atoms with van der Waals surface area (Å²) in [5.41, 5.74) is 1.68. The van der Waals surface area contributed by atoms with Crippen LogP contribution in [0.2, 0.25) is 10.0 Å². The third-order valence-corrected chi connectivity index (χ3v) is 9.40. The zero-order chi connectivity index (χ0) is 30.9. The highest BCUT2D eigenvalue weighted by Gasteiger charge is 2.34. The number of benzene rings is 3. The van der Waals surface area contributed by atoms with E-state index in [-0.39, 0.29) is 33.1 Å². The van der Waals surface area contributed by atoms with Gasteiger partial charge in [0.2, 0.25) is 11.8 Å². The second-order valence-corrected chi connectivity index (χ2v) is 12.5. The summed E-state index contributed by atoms with van der Waals surface area (Å²) in [5, 5.41) is 3.05. The van der Waals surface area contributed by atoms with Gasteiger partial charge >= 0.3 is 0 Å². The van der Waals surface area contributed by atoms with Gasteiger partial charge in [0.1, 0.15) is 18.3 Å². The van der Waals surface area contributed by atoms with Crippen LogP contribution in [0.4, 0.5) is 5.69 Å². The van der Waals surface area contributed by atoms with Crippen LogP contribution < -0.4 is 14.4 Å². The Morgan fingerprint density at radius 1 is 0.976 bits per heavy atom. The number of rotatable bonds is 14. The average Bonchev–Trinajstić information content (AvgIpc) is 2.98. The number of methoxy groups -OCH3 is 1. The number of carbonyl (C=O) groups is 2. The van der Waals surface area contributed by atoms with Crippen molar-refractivity contribution >= 4 is 50.7 Å². The molecule has 0 saturated carbocycles. The number of hydrogen-bond donors (Lipinski definition) is 1. The van der Waals surface area contributed by atoms with Crippen LogP contribution >= 0.6 is 23.2 Å². The maximum Gasteiger partial charge on any atom is 0.264 e. The first-order valence-electron chi connectivity index (χ1n) is 13.8. The molecule has 3 aromatic carbocycles. The van der Waals surface area contributed by atoms with Gasteiger partial charge in [-0.2, -0.15) is 0 Å². The Kier molecular flexibility index (Phi) is 12.1. The minimum absolute atomic E-state index is 0.00583. The summed E-state index contributed by atoms with van der Waals surface area (Å²) in [5.74, 6) is -0.233. The van der Waals surface area contributed by atoms with E-state index < -0.39 is 28.5 Å². The van der Waals surface area contributed by atoms with Crippen molar-refractivity contribution in [1.82, 2.24) is 10.2 Å². The molecule has 0 bridgehead atoms. The van der Waals surface area contributed by atoms with Gasteiger partial charge in [0.25, 0.3) is 10.0 Å². The van der Waals surface area contributed by atoms with Crippen molar-refractivity contribution in [2.24, 2.45) is 0 Å². The van der Waals surface area contributed by atoms with Crippen molar-refractivity contribution in [3.8, 4) is 5.75 Å². The van der Waals surface area contributed by atoms with Gasteiger partial charge in [-0.05, 0) is 61.7 Å². The number of ether oxygens (including phenoxy) is 1. The molecule has 11 heteroatoms. The quantitative estimate of drug-likeness (QED) is 0.212. The number of nitrogens with zero attached hydrogens (tertiary/aromatic N) is 2. The molecule has 0 aliphatic carbocycles. The Morgan fingerprint density at radius 3 is 2.24 bits per heavy atom. The average molecular weight is 635 g/mol. The molecule has 0 spiro atoms. The molecule has 0 unspecified atom stereocenters. The lowest BCUT2D eigenvalue weighted by molar-refractivity contribution is -0.140. The van der Waals surface area contributed by atoms with Crippen molar-refractivity contribution in [2.45, 2.75) is 57.5 Å². The smallest absolute Gasteiger partial charge is 0.264 e. The lowest BCUT2D eigenvalue weighted by Gasteiger charge is -2.33. The Morgan fingerprint density at radius 2 is 1.64 bits per heavy atom. The summed E-state index contributed by atoms with van der Waals surface area (Å²) in [6.45, 7) is 5.62. The number of hydrogen-bond acceptors (Lipinski definition) is 5. The van der Waals surface area contributed by atoms with Crippen LogP contribution in [-0.2, 0) is 26.2 Å². The summed E-state index contributed by atoms with van der Waals surface area (Å²) < 4.78 is 34.2. The Balaban J connectivity index is 2.07. The SMILES string of the molecule is CCCCNC(=O)[C@@H](CC)N(Cc1ccc(OC)cc1)C(=O)CN(c1cccc(Cl)c1Cl)S(=O)(=O)c1ccc(C)cc1. The number of anilines is 1. The first-order valence-corrected chi connectivity index (χ1v) is 16.0. The van der Waals surface area contributed by atoms with Gasteiger partial charge in [0, 0.05) is 13.1 Å². The van der Waals surface area contributed by atoms with Crippen molar-refractivity contribution in [1.29, 1.82) is 0 Å². The summed E-state index contributed by atoms with van der Waals surface area (Å²) >= 11 is 12.8. The molecule has 2 amide bonds. The number of nitrogens with one attached hydrogen (secondary N) is 1. The predicted octanol–water partition coefficient (Wildman–Crippen LogP) is 6.23. The van der Waals surface area contributed by atoms with E-state index in [1.165, 1.54) is 29.2 Å². The van der Waals surface area contributed by atoms with Crippen molar-refractivity contribution < 1.29 is 22.7 Å². The highest BCUT2D eigenvalue weighted by Crippen LogP contribution is 2.35. The first-order chi connectivity index (χ1) is 20.0. The molecule has 42 heavy (non-hydrogen) atoms. The van der Waals surface area contributed by atoms with E-state index in [0.717, 1.165) is 28.3 Å². The molecule has 1 atom stereocenters. The van der Waals surface area contributed by atoms with E-state index in [1.54, 1.807) is 49.6 Å². The van der Waals surface area contributed by atoms with Crippen molar-refractivity contribution in [3.63, 3.8) is 0 Å². The molecule has 0 fully saturated rings. The molecule has 0 heterocycles. The fourth-order valence-corrected chi connectivity index (χ4v) is 6.26. The zero-order valence-corrected chi connectivity index (χ0v) is 26.6. The standard InChI is InChI=1S/C31H37Cl2N3O5S/c1-5-7-19-34-31(38)27(6-2)35(20-23-13-15-24(41-4)16-14-23)29(37)21-36(28-10-8-9-26(32)30(28)33)42(39,40)25-17-11-22(3)12-18-25/h8-18,27H,5-7,19-21H2,1-4H3,(H,34,38)/t27-/m1/s1. The monoisotopic (exact) mass is 633 g/mol. The maximum atomic E-state index is 14.2. The summed E-state index contributed by atoms with van der Waals surface area (Å²) in [7, 11) is -2.71. The van der Waals surface area contributed by atoms with E-state index in [1.807, 2.05) is 20.8 Å². The van der Waals surface area contributed by atoms with Crippen LogP contribution in [0.1, 0.15) is 44.2 Å². The Bertz CT molecular complexity index is 1460. The second-order valence-electron chi connectivity index (χ2n) is 9.84. The van der Waals surface area contributed by atoms with Gasteiger partial charge in [-0.3, -0.25) is 13.9 Å². The van der Waals surface area contributed by atoms with Gasteiger partial charge in [-0.15, -0.1) is 0 Å². The van der Waals surface area contributed by atoms with Gasteiger partial charge in [0.05, 0.1) is 27.7 Å². The first kappa shape index (κ1) is 33.2. The van der Waals surface area contributed by atoms with Gasteiger partial charge < -0.3 is 15.0 Å². The number of sulfonamides is 1. The third kappa shape index (κ3) is 8.18. The van der Waals surface area contributed by atoms with E-state index in [2.05, 4.69) is 5.32 Å². The molecule has 3 rings (SSSR count). The van der Waals surface area contributed by atoms with Crippen molar-refractivity contribution in [3.05, 3.63) is 87.9 Å². The highest BCUT2D eigenvalue weighted by atomic mass is 35.5. The molecular formula is C31H37Cl2N3O5S. The van der Waals surface area contributed by atoms with E-state index in [9.17, 15) is 18.0 Å². The van der Waals surface area contributed by atoms with Crippen molar-refractivity contribution in [2.75, 3.05) is 24.5 Å². The summed E-state index contributed by atoms with van der Waals surface area (Å²) in [6, 6.07) is 17.2. The normalized spacial score (nSPS) is 12.0. The largest absolute Gasteiger partial charge is 0.497 e. The number of unbranched alkanes of at least 4 members (excludes halogenated alkanes) is 1. The fraction of sp³-hybridized carbons (Fsp3) is 0.355. The Hall–Kier alpha value is -3.27. The van der Waals surface area contributed by atoms with Crippen LogP contribution in [-0.4, -0.2) is 51.4 Å². The summed E-state index contributed by atoms with van der Waals surface area (Å²) in [6.07, 6.45) is 2.02. The molecule has 0 aromatic heterocycles. The molecule has 226 valence electrons. The number of aryl methyl sites for hydroxylation is 1. The number of halogens is 2. The lowest BCUT2D eigenvalue weighted by atomic mass is 10.1. The minimum atomic E-state index is -4.27. The Labute approximate surface area is 258 Å². The van der Waals surface area contributed by atoms with Crippen LogP contribution in [0, 0.1) is 6.92 Å². The summed E-state index contributed by atoms with van der Waals surface area (Å²) in [4.78, 5) is 28.9. The van der Waals surface area contributed by atoms with Gasteiger partial charge in [-0.1, -0.05) is 79.4 Å². The van der Waals surface area contributed by atoms with Crippen LogP contribution in [0.15, 0.2) is 71.6 Å². The number of carbonyl (C=O) groups excluding carboxylic acids is 2. The molecule has 3 aromatic rings. The lowest BCUT2D eigenvalue weighted by Crippen LogP contribution is -2.52. The molecule has 0 radical (unpaired) electrons. The van der Waals surface area contributed by atoms with E-state index in [4.69, 9.17) is 27.9 Å². The highest BCUT2D eigenvalue weighted by molar-refractivity contribution is 7.92.